The van der Waals surface area contributed by atoms with Gasteiger partial charge in [0.05, 0.1) is 18.8 Å². The van der Waals surface area contributed by atoms with Gasteiger partial charge in [-0.2, -0.15) is 0 Å². The first-order chi connectivity index (χ1) is 6.81. The molecule has 0 radical (unpaired) electrons. The number of rotatable bonds is 2. The minimum absolute atomic E-state index is 0.0512. The normalized spacial score (nSPS) is 27.9. The molecule has 2 atom stereocenters. The number of aliphatic hydroxyl groups is 1. The number of aryl methyl sites for hydroxylation is 1. The van der Waals surface area contributed by atoms with Crippen LogP contribution in [-0.2, 0) is 4.74 Å². The number of hydrogen-bond acceptors (Lipinski definition) is 3. The first-order valence-corrected chi connectivity index (χ1v) is 5.99. The first kappa shape index (κ1) is 10.1. The third kappa shape index (κ3) is 2.00. The highest BCUT2D eigenvalue weighted by atomic mass is 32.1. The molecule has 0 aromatic carbocycles. The Morgan fingerprint density at radius 2 is 2.43 bits per heavy atom. The molecule has 2 unspecified atom stereocenters. The zero-order chi connectivity index (χ0) is 9.97. The maximum Gasteiger partial charge on any atom is 0.0924 e. The summed E-state index contributed by atoms with van der Waals surface area (Å²) in [6.07, 6.45) is 3.53. The fraction of sp³-hybridized carbons (Fsp3) is 0.636. The molecular formula is C11H16O2S. The molecule has 1 aromatic rings. The van der Waals surface area contributed by atoms with E-state index in [2.05, 4.69) is 18.4 Å². The Balaban J connectivity index is 2.08. The van der Waals surface area contributed by atoms with Gasteiger partial charge in [-0.3, -0.25) is 0 Å². The molecule has 2 heterocycles. The minimum atomic E-state index is 0.0512. The predicted molar refractivity (Wildman–Crippen MR) is 57.6 cm³/mol. The molecule has 78 valence electrons. The maximum atomic E-state index is 9.05. The van der Waals surface area contributed by atoms with Crippen molar-refractivity contribution in [3.05, 3.63) is 21.9 Å². The molecule has 0 amide bonds. The highest BCUT2D eigenvalue weighted by Gasteiger charge is 2.24. The molecule has 1 N–H and O–H groups in total. The molecule has 2 nitrogen and oxygen atoms in total. The average molecular weight is 212 g/mol. The topological polar surface area (TPSA) is 29.5 Å². The van der Waals surface area contributed by atoms with Crippen LogP contribution in [0.5, 0.6) is 0 Å². The van der Waals surface area contributed by atoms with E-state index in [0.29, 0.717) is 0 Å². The van der Waals surface area contributed by atoms with Crippen LogP contribution in [-0.4, -0.2) is 17.8 Å². The number of ether oxygens (including phenoxy) is 1. The van der Waals surface area contributed by atoms with E-state index >= 15 is 0 Å². The van der Waals surface area contributed by atoms with Gasteiger partial charge in [0.2, 0.25) is 0 Å². The van der Waals surface area contributed by atoms with Crippen molar-refractivity contribution < 1.29 is 9.84 Å². The number of hydrogen-bond donors (Lipinski definition) is 1. The van der Waals surface area contributed by atoms with Gasteiger partial charge in [-0.05, 0) is 43.2 Å². The van der Waals surface area contributed by atoms with Crippen LogP contribution in [0.25, 0.3) is 0 Å². The van der Waals surface area contributed by atoms with Crippen LogP contribution in [0.1, 0.15) is 35.8 Å². The highest BCUT2D eigenvalue weighted by Crippen LogP contribution is 2.35. The van der Waals surface area contributed by atoms with Crippen molar-refractivity contribution in [1.29, 1.82) is 0 Å². The summed E-state index contributed by atoms with van der Waals surface area (Å²) in [6.45, 7) is 2.28. The third-order valence-electron chi connectivity index (χ3n) is 2.75. The molecule has 1 fully saturated rings. The summed E-state index contributed by atoms with van der Waals surface area (Å²) >= 11 is 1.76. The molecule has 1 aromatic heterocycles. The van der Waals surface area contributed by atoms with Gasteiger partial charge in [-0.15, -0.1) is 11.3 Å². The Morgan fingerprint density at radius 3 is 3.07 bits per heavy atom. The Hall–Kier alpha value is -0.380. The quantitative estimate of drug-likeness (QED) is 0.816. The zero-order valence-corrected chi connectivity index (χ0v) is 9.22. The van der Waals surface area contributed by atoms with E-state index in [1.165, 1.54) is 10.4 Å². The van der Waals surface area contributed by atoms with E-state index in [1.807, 2.05) is 0 Å². The molecule has 0 bridgehead atoms. The Labute approximate surface area is 88.5 Å². The summed E-state index contributed by atoms with van der Waals surface area (Å²) in [5.41, 5.74) is 1.32. The summed E-state index contributed by atoms with van der Waals surface area (Å²) in [4.78, 5) is 1.34. The van der Waals surface area contributed by atoms with Gasteiger partial charge in [0, 0.05) is 4.88 Å². The van der Waals surface area contributed by atoms with Gasteiger partial charge in [0.25, 0.3) is 0 Å². The average Bonchev–Trinajstić information content (AvgIpc) is 2.65. The molecule has 0 spiro atoms. The van der Waals surface area contributed by atoms with Crippen molar-refractivity contribution in [1.82, 2.24) is 0 Å². The van der Waals surface area contributed by atoms with Crippen molar-refractivity contribution >= 4 is 11.3 Å². The molecule has 3 heteroatoms. The monoisotopic (exact) mass is 212 g/mol. The van der Waals surface area contributed by atoms with Gasteiger partial charge in [-0.25, -0.2) is 0 Å². The van der Waals surface area contributed by atoms with Gasteiger partial charge in [-0.1, -0.05) is 0 Å². The fourth-order valence-corrected chi connectivity index (χ4v) is 2.94. The van der Waals surface area contributed by atoms with E-state index in [9.17, 15) is 0 Å². The van der Waals surface area contributed by atoms with Gasteiger partial charge in [0.1, 0.15) is 0 Å². The molecule has 1 saturated heterocycles. The number of thiophene rings is 1. The van der Waals surface area contributed by atoms with Crippen LogP contribution < -0.4 is 0 Å². The van der Waals surface area contributed by atoms with Gasteiger partial charge < -0.3 is 9.84 Å². The lowest BCUT2D eigenvalue weighted by Crippen LogP contribution is -2.25. The van der Waals surface area contributed by atoms with Crippen LogP contribution in [0.3, 0.4) is 0 Å². The third-order valence-corrected chi connectivity index (χ3v) is 3.86. The van der Waals surface area contributed by atoms with Crippen LogP contribution in [0.2, 0.25) is 0 Å². The van der Waals surface area contributed by atoms with E-state index in [0.717, 1.165) is 19.3 Å². The predicted octanol–water partition coefficient (Wildman–Crippen LogP) is 2.66. The lowest BCUT2D eigenvalue weighted by Gasteiger charge is -2.28. The minimum Gasteiger partial charge on any atom is -0.394 e. The highest BCUT2D eigenvalue weighted by molar-refractivity contribution is 7.10. The lowest BCUT2D eigenvalue weighted by molar-refractivity contribution is -0.0724. The van der Waals surface area contributed by atoms with Gasteiger partial charge in [0.15, 0.2) is 0 Å². The Bertz CT molecular complexity index is 295. The fourth-order valence-electron chi connectivity index (χ4n) is 1.94. The molecule has 0 saturated carbocycles. The molecule has 14 heavy (non-hydrogen) atoms. The van der Waals surface area contributed by atoms with E-state index in [-0.39, 0.29) is 18.8 Å². The van der Waals surface area contributed by atoms with Crippen LogP contribution in [0, 0.1) is 6.92 Å². The van der Waals surface area contributed by atoms with Crippen LogP contribution in [0.4, 0.5) is 0 Å². The standard InChI is InChI=1S/C11H16O2S/c1-8-5-6-14-11(8)10-4-2-3-9(7-12)13-10/h5-6,9-10,12H,2-4,7H2,1H3. The van der Waals surface area contributed by atoms with Crippen molar-refractivity contribution in [3.63, 3.8) is 0 Å². The smallest absolute Gasteiger partial charge is 0.0924 e. The molecule has 1 aliphatic rings. The zero-order valence-electron chi connectivity index (χ0n) is 8.40. The summed E-state index contributed by atoms with van der Waals surface area (Å²) in [7, 11) is 0. The molecular weight excluding hydrogens is 196 g/mol. The summed E-state index contributed by atoms with van der Waals surface area (Å²) in [5, 5.41) is 11.2. The van der Waals surface area contributed by atoms with E-state index in [4.69, 9.17) is 9.84 Å². The van der Waals surface area contributed by atoms with Crippen molar-refractivity contribution in [2.45, 2.75) is 38.4 Å². The van der Waals surface area contributed by atoms with Crippen LogP contribution in [0.15, 0.2) is 11.4 Å². The van der Waals surface area contributed by atoms with E-state index in [1.54, 1.807) is 11.3 Å². The van der Waals surface area contributed by atoms with Crippen molar-refractivity contribution in [3.8, 4) is 0 Å². The Morgan fingerprint density at radius 1 is 1.57 bits per heavy atom. The van der Waals surface area contributed by atoms with Crippen molar-refractivity contribution in [2.24, 2.45) is 0 Å². The second-order valence-corrected chi connectivity index (χ2v) is 4.78. The lowest BCUT2D eigenvalue weighted by atomic mass is 10.0. The second-order valence-electron chi connectivity index (χ2n) is 3.83. The largest absolute Gasteiger partial charge is 0.394 e. The van der Waals surface area contributed by atoms with Crippen LogP contribution >= 0.6 is 11.3 Å². The molecule has 2 rings (SSSR count). The molecule has 1 aliphatic heterocycles. The first-order valence-electron chi connectivity index (χ1n) is 5.11. The van der Waals surface area contributed by atoms with Gasteiger partial charge >= 0.3 is 0 Å². The molecule has 0 aliphatic carbocycles. The second kappa shape index (κ2) is 4.43. The summed E-state index contributed by atoms with van der Waals surface area (Å²) in [5.74, 6) is 0. The summed E-state index contributed by atoms with van der Waals surface area (Å²) in [6, 6.07) is 2.13. The summed E-state index contributed by atoms with van der Waals surface area (Å²) < 4.78 is 5.82. The Kier molecular flexibility index (Phi) is 3.21. The maximum absolute atomic E-state index is 9.05. The van der Waals surface area contributed by atoms with Crippen molar-refractivity contribution in [2.75, 3.05) is 6.61 Å². The van der Waals surface area contributed by atoms with E-state index < -0.39 is 0 Å². The number of aliphatic hydroxyl groups excluding tert-OH is 1. The SMILES string of the molecule is Cc1ccsc1C1CCCC(CO)O1.